The molecule has 0 amide bonds. The second-order valence-corrected chi connectivity index (χ2v) is 5.54. The Balaban J connectivity index is 2.00. The van der Waals surface area contributed by atoms with Crippen molar-refractivity contribution >= 4 is 16.3 Å². The first-order valence-electron chi connectivity index (χ1n) is 6.68. The number of hydrogen-bond donors (Lipinski definition) is 0. The summed E-state index contributed by atoms with van der Waals surface area (Å²) < 4.78 is 7.47. The molecular formula is C16H10N4OS. The second kappa shape index (κ2) is 5.13. The van der Waals surface area contributed by atoms with Crippen LogP contribution < -0.4 is 0 Å². The van der Waals surface area contributed by atoms with Crippen molar-refractivity contribution < 1.29 is 4.42 Å². The summed E-state index contributed by atoms with van der Waals surface area (Å²) in [4.78, 5) is 9.65. The number of furan rings is 1. The molecule has 0 bridgehead atoms. The predicted octanol–water partition coefficient (Wildman–Crippen LogP) is 3.78. The molecule has 0 aliphatic rings. The van der Waals surface area contributed by atoms with Crippen LogP contribution in [0.3, 0.4) is 0 Å². The molecule has 4 aromatic heterocycles. The highest BCUT2D eigenvalue weighted by Crippen LogP contribution is 2.33. The summed E-state index contributed by atoms with van der Waals surface area (Å²) in [6.07, 6.45) is 5.43. The zero-order valence-electron chi connectivity index (χ0n) is 11.4. The maximum absolute atomic E-state index is 9.19. The smallest absolute Gasteiger partial charge is 0.195 e. The van der Waals surface area contributed by atoms with Gasteiger partial charge in [0.1, 0.15) is 5.69 Å². The number of hydrogen-bond acceptors (Lipinski definition) is 5. The Hall–Kier alpha value is -2.91. The van der Waals surface area contributed by atoms with Crippen LogP contribution in [0.25, 0.3) is 27.7 Å². The fourth-order valence-electron chi connectivity index (χ4n) is 2.48. The van der Waals surface area contributed by atoms with Gasteiger partial charge in [0.05, 0.1) is 30.1 Å². The highest BCUT2D eigenvalue weighted by molar-refractivity contribution is 7.15. The molecule has 106 valence electrons. The topological polar surface area (TPSA) is 67.1 Å². The summed E-state index contributed by atoms with van der Waals surface area (Å²) in [5.41, 5.74) is 3.55. The van der Waals surface area contributed by atoms with E-state index in [1.54, 1.807) is 12.5 Å². The Morgan fingerprint density at radius 1 is 1.32 bits per heavy atom. The first-order chi connectivity index (χ1) is 10.9. The largest absolute Gasteiger partial charge is 0.463 e. The quantitative estimate of drug-likeness (QED) is 0.577. The van der Waals surface area contributed by atoms with Crippen molar-refractivity contribution in [2.75, 3.05) is 0 Å². The lowest BCUT2D eigenvalue weighted by atomic mass is 10.2. The van der Waals surface area contributed by atoms with Crippen LogP contribution in [0.5, 0.6) is 0 Å². The van der Waals surface area contributed by atoms with Crippen molar-refractivity contribution in [2.45, 2.75) is 6.42 Å². The molecule has 0 N–H and O–H groups in total. The molecule has 4 aromatic rings. The van der Waals surface area contributed by atoms with Gasteiger partial charge in [0.15, 0.2) is 10.7 Å². The van der Waals surface area contributed by atoms with E-state index in [1.807, 2.05) is 40.2 Å². The number of nitrogens with zero attached hydrogens (tertiary/aromatic N) is 4. The number of imidazole rings is 1. The van der Waals surface area contributed by atoms with Gasteiger partial charge >= 0.3 is 0 Å². The standard InChI is InChI=1S/C16H10N4OS/c17-6-5-12-15(14-4-2-8-21-14)19-16-20(12)13(10-22-16)11-3-1-7-18-9-11/h1-4,7-10H,5H2. The summed E-state index contributed by atoms with van der Waals surface area (Å²) in [5, 5.41) is 11.2. The van der Waals surface area contributed by atoms with Gasteiger partial charge in [-0.2, -0.15) is 5.26 Å². The molecule has 0 spiro atoms. The molecule has 5 nitrogen and oxygen atoms in total. The second-order valence-electron chi connectivity index (χ2n) is 4.70. The van der Waals surface area contributed by atoms with E-state index in [1.165, 1.54) is 11.3 Å². The van der Waals surface area contributed by atoms with E-state index in [2.05, 4.69) is 16.0 Å². The summed E-state index contributed by atoms with van der Waals surface area (Å²) in [6, 6.07) is 9.79. The molecule has 0 saturated carbocycles. The third-order valence-corrected chi connectivity index (χ3v) is 4.24. The van der Waals surface area contributed by atoms with Gasteiger partial charge in [-0.3, -0.25) is 9.38 Å². The molecule has 4 rings (SSSR count). The van der Waals surface area contributed by atoms with Crippen LogP contribution in [-0.4, -0.2) is 14.4 Å². The first kappa shape index (κ1) is 12.8. The molecule has 0 fully saturated rings. The highest BCUT2D eigenvalue weighted by Gasteiger charge is 2.20. The zero-order valence-corrected chi connectivity index (χ0v) is 12.2. The van der Waals surface area contributed by atoms with Gasteiger partial charge < -0.3 is 4.42 Å². The van der Waals surface area contributed by atoms with E-state index in [9.17, 15) is 5.26 Å². The Morgan fingerprint density at radius 2 is 2.27 bits per heavy atom. The number of rotatable bonds is 3. The Bertz CT molecular complexity index is 961. The average molecular weight is 306 g/mol. The van der Waals surface area contributed by atoms with Gasteiger partial charge in [-0.15, -0.1) is 11.3 Å². The van der Waals surface area contributed by atoms with Crippen molar-refractivity contribution in [3.8, 4) is 28.8 Å². The van der Waals surface area contributed by atoms with Crippen LogP contribution in [0.15, 0.2) is 52.7 Å². The highest BCUT2D eigenvalue weighted by atomic mass is 32.1. The van der Waals surface area contributed by atoms with E-state index in [-0.39, 0.29) is 6.42 Å². The molecule has 0 aliphatic heterocycles. The number of thiazole rings is 1. The van der Waals surface area contributed by atoms with E-state index in [0.717, 1.165) is 27.6 Å². The Morgan fingerprint density at radius 3 is 3.00 bits per heavy atom. The lowest BCUT2D eigenvalue weighted by Gasteiger charge is -2.03. The van der Waals surface area contributed by atoms with Gasteiger partial charge in [0.25, 0.3) is 0 Å². The van der Waals surface area contributed by atoms with Crippen LogP contribution in [-0.2, 0) is 6.42 Å². The van der Waals surface area contributed by atoms with Crippen molar-refractivity contribution in [1.29, 1.82) is 5.26 Å². The SMILES string of the molecule is N#CCc1c(-c2ccco2)nc2scc(-c3cccnc3)n12. The summed E-state index contributed by atoms with van der Waals surface area (Å²) >= 11 is 1.54. The van der Waals surface area contributed by atoms with E-state index < -0.39 is 0 Å². The summed E-state index contributed by atoms with van der Waals surface area (Å²) in [5.74, 6) is 0.679. The molecular weight excluding hydrogens is 296 g/mol. The minimum Gasteiger partial charge on any atom is -0.463 e. The van der Waals surface area contributed by atoms with Crippen molar-refractivity contribution in [3.05, 3.63) is 54.0 Å². The number of nitriles is 1. The summed E-state index contributed by atoms with van der Waals surface area (Å²) in [7, 11) is 0. The minimum absolute atomic E-state index is 0.265. The van der Waals surface area contributed by atoms with Gasteiger partial charge in [-0.05, 0) is 24.3 Å². The maximum atomic E-state index is 9.19. The van der Waals surface area contributed by atoms with Gasteiger partial charge in [-0.1, -0.05) is 0 Å². The van der Waals surface area contributed by atoms with Gasteiger partial charge in [0, 0.05) is 23.3 Å². The zero-order chi connectivity index (χ0) is 14.9. The van der Waals surface area contributed by atoms with Crippen LogP contribution in [0, 0.1) is 11.3 Å². The third kappa shape index (κ3) is 1.91. The van der Waals surface area contributed by atoms with Crippen molar-refractivity contribution in [3.63, 3.8) is 0 Å². The van der Waals surface area contributed by atoms with E-state index in [4.69, 9.17) is 4.42 Å². The van der Waals surface area contributed by atoms with Crippen LogP contribution in [0.2, 0.25) is 0 Å². The number of aromatic nitrogens is 3. The van der Waals surface area contributed by atoms with Gasteiger partial charge in [0.2, 0.25) is 0 Å². The van der Waals surface area contributed by atoms with Crippen molar-refractivity contribution in [1.82, 2.24) is 14.4 Å². The predicted molar refractivity (Wildman–Crippen MR) is 83.3 cm³/mol. The lowest BCUT2D eigenvalue weighted by Crippen LogP contribution is -1.94. The first-order valence-corrected chi connectivity index (χ1v) is 7.56. The maximum Gasteiger partial charge on any atom is 0.195 e. The summed E-state index contributed by atoms with van der Waals surface area (Å²) in [6.45, 7) is 0. The third-order valence-electron chi connectivity index (χ3n) is 3.42. The molecule has 0 atom stereocenters. The molecule has 4 heterocycles. The molecule has 0 unspecified atom stereocenters. The van der Waals surface area contributed by atoms with Crippen LogP contribution >= 0.6 is 11.3 Å². The molecule has 0 saturated heterocycles. The fraction of sp³-hybridized carbons (Fsp3) is 0.0625. The van der Waals surface area contributed by atoms with E-state index in [0.29, 0.717) is 5.76 Å². The molecule has 6 heteroatoms. The monoisotopic (exact) mass is 306 g/mol. The molecule has 0 aromatic carbocycles. The molecule has 0 radical (unpaired) electrons. The molecule has 0 aliphatic carbocycles. The fourth-order valence-corrected chi connectivity index (χ4v) is 3.40. The lowest BCUT2D eigenvalue weighted by molar-refractivity contribution is 0.580. The molecule has 22 heavy (non-hydrogen) atoms. The van der Waals surface area contributed by atoms with Crippen molar-refractivity contribution in [2.24, 2.45) is 0 Å². The number of pyridine rings is 1. The Labute approximate surface area is 130 Å². The minimum atomic E-state index is 0.265. The van der Waals surface area contributed by atoms with Crippen LogP contribution in [0.1, 0.15) is 5.69 Å². The van der Waals surface area contributed by atoms with Gasteiger partial charge in [-0.25, -0.2) is 4.98 Å². The van der Waals surface area contributed by atoms with E-state index >= 15 is 0 Å². The number of fused-ring (bicyclic) bond motifs is 1. The normalized spacial score (nSPS) is 10.9. The Kier molecular flexibility index (Phi) is 2.99. The van der Waals surface area contributed by atoms with Crippen LogP contribution in [0.4, 0.5) is 0 Å². The average Bonchev–Trinajstić information content (AvgIpc) is 3.25.